The van der Waals surface area contributed by atoms with Gasteiger partial charge in [-0.15, -0.1) is 0 Å². The maximum atomic E-state index is 11.9. The normalized spacial score (nSPS) is 37.7. The van der Waals surface area contributed by atoms with Crippen LogP contribution in [0.4, 0.5) is 5.82 Å². The lowest BCUT2D eigenvalue weighted by atomic mass is 10.1. The first kappa shape index (κ1) is 12.7. The molecule has 0 bridgehead atoms. The van der Waals surface area contributed by atoms with E-state index in [0.29, 0.717) is 0 Å². The molecule has 110 valence electrons. The van der Waals surface area contributed by atoms with Gasteiger partial charge in [-0.1, -0.05) is 0 Å². The Kier molecular flexibility index (Phi) is 2.27. The molecule has 2 aromatic rings. The molecule has 4 rings (SSSR count). The number of nitrogen functional groups attached to an aromatic ring is 1. The highest BCUT2D eigenvalue weighted by Crippen LogP contribution is 2.53. The summed E-state index contributed by atoms with van der Waals surface area (Å²) in [7, 11) is 0. The highest BCUT2D eigenvalue weighted by Gasteiger charge is 2.76. The number of fused-ring (bicyclic) bond motifs is 2. The first-order valence-electron chi connectivity index (χ1n) is 6.31. The molecule has 2 aliphatic rings. The Bertz CT molecular complexity index is 808. The molecule has 9 nitrogen and oxygen atoms in total. The van der Waals surface area contributed by atoms with Crippen LogP contribution < -0.4 is 11.2 Å². The Morgan fingerprint density at radius 3 is 2.76 bits per heavy atom. The summed E-state index contributed by atoms with van der Waals surface area (Å²) < 4.78 is 6.85. The molecule has 0 amide bonds. The van der Waals surface area contributed by atoms with Gasteiger partial charge < -0.3 is 30.4 Å². The zero-order valence-corrected chi connectivity index (χ0v) is 10.6. The van der Waals surface area contributed by atoms with Crippen LogP contribution in [-0.2, 0) is 4.74 Å². The molecule has 1 unspecified atom stereocenters. The number of hydrogen-bond acceptors (Lipinski definition) is 8. The second kappa shape index (κ2) is 3.77. The second-order valence-corrected chi connectivity index (χ2v) is 5.27. The minimum atomic E-state index is -1.68. The van der Waals surface area contributed by atoms with Crippen LogP contribution in [-0.4, -0.2) is 53.8 Å². The minimum absolute atomic E-state index is 0.0238. The van der Waals surface area contributed by atoms with Gasteiger partial charge in [-0.05, 0) is 0 Å². The molecule has 0 spiro atoms. The van der Waals surface area contributed by atoms with Crippen molar-refractivity contribution < 1.29 is 20.1 Å². The lowest BCUT2D eigenvalue weighted by Gasteiger charge is -2.24. The Hall–Kier alpha value is -2.07. The van der Waals surface area contributed by atoms with Crippen molar-refractivity contribution in [3.63, 3.8) is 0 Å². The lowest BCUT2D eigenvalue weighted by Crippen LogP contribution is -2.37. The van der Waals surface area contributed by atoms with Gasteiger partial charge in [-0.3, -0.25) is 4.79 Å². The fraction of sp³-hybridized carbons (Fsp3) is 0.417. The number of rotatable bonds is 1. The number of aromatic nitrogens is 3. The van der Waals surface area contributed by atoms with E-state index in [1.165, 1.54) is 23.2 Å². The van der Waals surface area contributed by atoms with Crippen molar-refractivity contribution in [3.05, 3.63) is 28.8 Å². The monoisotopic (exact) mass is 292 g/mol. The number of nitrogens with zero attached hydrogens (tertiary/aromatic N) is 3. The zero-order valence-electron chi connectivity index (χ0n) is 10.6. The van der Waals surface area contributed by atoms with Crippen LogP contribution in [0.2, 0.25) is 0 Å². The molecule has 1 aliphatic carbocycles. The third-order valence-electron chi connectivity index (χ3n) is 4.15. The molecule has 2 fully saturated rings. The molecule has 2 aromatic heterocycles. The smallest absolute Gasteiger partial charge is 0.194 e. The predicted octanol–water partition coefficient (Wildman–Crippen LogP) is -2.26. The van der Waals surface area contributed by atoms with Crippen molar-refractivity contribution in [1.82, 2.24) is 14.5 Å². The van der Waals surface area contributed by atoms with Crippen molar-refractivity contribution in [2.75, 3.05) is 5.73 Å². The van der Waals surface area contributed by atoms with Crippen molar-refractivity contribution in [3.8, 4) is 0 Å². The van der Waals surface area contributed by atoms with Gasteiger partial charge in [-0.2, -0.15) is 0 Å². The molecule has 21 heavy (non-hydrogen) atoms. The lowest BCUT2D eigenvalue weighted by molar-refractivity contribution is -0.0942. The van der Waals surface area contributed by atoms with Gasteiger partial charge >= 0.3 is 0 Å². The van der Waals surface area contributed by atoms with Crippen LogP contribution in [0.3, 0.4) is 0 Å². The Labute approximate surface area is 117 Å². The molecule has 1 aliphatic heterocycles. The largest absolute Gasteiger partial charge is 0.387 e. The Morgan fingerprint density at radius 1 is 1.33 bits per heavy atom. The topological polar surface area (TPSA) is 144 Å². The van der Waals surface area contributed by atoms with Gasteiger partial charge in [0.1, 0.15) is 35.8 Å². The van der Waals surface area contributed by atoms with Crippen LogP contribution in [0.1, 0.15) is 6.23 Å². The molecule has 3 heterocycles. The van der Waals surface area contributed by atoms with Crippen molar-refractivity contribution in [1.29, 1.82) is 0 Å². The van der Waals surface area contributed by atoms with Crippen LogP contribution in [0.5, 0.6) is 0 Å². The predicted molar refractivity (Wildman–Crippen MR) is 69.1 cm³/mol. The van der Waals surface area contributed by atoms with E-state index in [1.807, 2.05) is 0 Å². The van der Waals surface area contributed by atoms with Gasteiger partial charge in [0.15, 0.2) is 22.9 Å². The molecular formula is C12H12N4O5. The number of aliphatic hydroxyl groups excluding tert-OH is 2. The fourth-order valence-corrected chi connectivity index (χ4v) is 2.87. The molecule has 1 saturated carbocycles. The fourth-order valence-electron chi connectivity index (χ4n) is 2.87. The van der Waals surface area contributed by atoms with E-state index in [4.69, 9.17) is 10.5 Å². The zero-order chi connectivity index (χ0) is 14.9. The van der Waals surface area contributed by atoms with Crippen LogP contribution in [0.25, 0.3) is 11.0 Å². The van der Waals surface area contributed by atoms with Gasteiger partial charge in [0.25, 0.3) is 0 Å². The molecule has 1 saturated heterocycles. The maximum absolute atomic E-state index is 11.9. The van der Waals surface area contributed by atoms with Crippen LogP contribution in [0.15, 0.2) is 23.4 Å². The van der Waals surface area contributed by atoms with Crippen LogP contribution in [0, 0.1) is 0 Å². The number of pyridine rings is 1. The summed E-state index contributed by atoms with van der Waals surface area (Å²) in [6.07, 6.45) is -1.70. The van der Waals surface area contributed by atoms with E-state index in [2.05, 4.69) is 9.97 Å². The van der Waals surface area contributed by atoms with Crippen molar-refractivity contribution in [2.24, 2.45) is 0 Å². The number of ether oxygens (including phenoxy) is 1. The van der Waals surface area contributed by atoms with E-state index < -0.39 is 30.1 Å². The molecule has 0 aromatic carbocycles. The number of anilines is 1. The molecule has 0 radical (unpaired) electrons. The first-order valence-corrected chi connectivity index (χ1v) is 6.31. The summed E-state index contributed by atoms with van der Waals surface area (Å²) in [4.78, 5) is 19.6. The van der Waals surface area contributed by atoms with Gasteiger partial charge in [0.2, 0.25) is 0 Å². The van der Waals surface area contributed by atoms with E-state index in [0.717, 1.165) is 0 Å². The second-order valence-electron chi connectivity index (χ2n) is 5.27. The molecule has 5 atom stereocenters. The van der Waals surface area contributed by atoms with E-state index in [1.54, 1.807) is 0 Å². The number of nitrogens with two attached hydrogens (primary N) is 1. The highest BCUT2D eigenvalue weighted by atomic mass is 16.6. The van der Waals surface area contributed by atoms with Gasteiger partial charge in [-0.25, -0.2) is 9.97 Å². The van der Waals surface area contributed by atoms with E-state index >= 15 is 0 Å². The summed E-state index contributed by atoms with van der Waals surface area (Å²) in [5.41, 5.74) is 3.85. The van der Waals surface area contributed by atoms with E-state index in [9.17, 15) is 20.1 Å². The summed E-state index contributed by atoms with van der Waals surface area (Å²) in [6.45, 7) is 0. The van der Waals surface area contributed by atoms with Crippen LogP contribution >= 0.6 is 0 Å². The summed E-state index contributed by atoms with van der Waals surface area (Å²) in [5, 5.41) is 29.8. The van der Waals surface area contributed by atoms with Crippen molar-refractivity contribution in [2.45, 2.75) is 30.1 Å². The SMILES string of the molecule is Nc1ncnc2c1c(=O)ccn2[C@@H]1O[C@@H]2C(O)[C@@]2(O)[C@H]1O. The average molecular weight is 292 g/mol. The summed E-state index contributed by atoms with van der Waals surface area (Å²) in [6, 6.07) is 1.25. The standard InChI is InChI=1S/C12H12N4O5/c13-9-5-4(17)1-2-16(10(5)15-3-14-9)11-7(19)12(20)6(18)8(12)21-11/h1-3,6-8,11,18-20H,(H2,13,14,15)/t6?,7-,8+,11+,12+/m0/s1. The third-order valence-corrected chi connectivity index (χ3v) is 4.15. The summed E-state index contributed by atoms with van der Waals surface area (Å²) >= 11 is 0. The quantitative estimate of drug-likeness (QED) is 0.461. The minimum Gasteiger partial charge on any atom is -0.387 e. The Morgan fingerprint density at radius 2 is 2.10 bits per heavy atom. The molecule has 5 N–H and O–H groups in total. The first-order chi connectivity index (χ1) is 9.96. The highest BCUT2D eigenvalue weighted by molar-refractivity contribution is 5.84. The average Bonchev–Trinajstić information content (AvgIpc) is 2.85. The molecular weight excluding hydrogens is 280 g/mol. The summed E-state index contributed by atoms with van der Waals surface area (Å²) in [5.74, 6) is 0.0238. The van der Waals surface area contributed by atoms with Gasteiger partial charge in [0.05, 0.1) is 0 Å². The molecule has 9 heteroatoms. The number of hydrogen-bond donors (Lipinski definition) is 4. The number of aliphatic hydroxyl groups is 3. The van der Waals surface area contributed by atoms with Crippen molar-refractivity contribution >= 4 is 16.9 Å². The van der Waals surface area contributed by atoms with E-state index in [-0.39, 0.29) is 22.3 Å². The Balaban J connectivity index is 1.88. The van der Waals surface area contributed by atoms with Gasteiger partial charge in [0, 0.05) is 12.3 Å². The maximum Gasteiger partial charge on any atom is 0.194 e. The third kappa shape index (κ3) is 1.40.